The van der Waals surface area contributed by atoms with Crippen molar-refractivity contribution in [2.75, 3.05) is 17.2 Å². The summed E-state index contributed by atoms with van der Waals surface area (Å²) in [7, 11) is 0. The van der Waals surface area contributed by atoms with Gasteiger partial charge in [-0.3, -0.25) is 14.4 Å². The summed E-state index contributed by atoms with van der Waals surface area (Å²) in [6.07, 6.45) is 0.425. The highest BCUT2D eigenvalue weighted by Crippen LogP contribution is 2.30. The summed E-state index contributed by atoms with van der Waals surface area (Å²) in [6.45, 7) is -0.440. The van der Waals surface area contributed by atoms with Crippen LogP contribution in [0.5, 0.6) is 11.5 Å². The van der Waals surface area contributed by atoms with E-state index in [1.165, 1.54) is 0 Å². The minimum absolute atomic E-state index is 0.0115. The van der Waals surface area contributed by atoms with Crippen LogP contribution in [0, 0.1) is 0 Å². The highest BCUT2D eigenvalue weighted by atomic mass is 79.9. The minimum atomic E-state index is -0.565. The van der Waals surface area contributed by atoms with E-state index in [9.17, 15) is 14.4 Å². The molecule has 0 aliphatic carbocycles. The van der Waals surface area contributed by atoms with Gasteiger partial charge in [0.1, 0.15) is 11.5 Å². The highest BCUT2D eigenvalue weighted by molar-refractivity contribution is 9.10. The SMILES string of the molecule is O=C(CCCC(=O)OCC(=O)Nc1ccc(Br)cc1Cl)Nc1ccc(Oc2cccc3ccccc23)cc1. The molecule has 4 aromatic rings. The van der Waals surface area contributed by atoms with Gasteiger partial charge in [0, 0.05) is 28.4 Å². The number of carbonyl (C=O) groups is 3. The first-order chi connectivity index (χ1) is 18.4. The predicted molar refractivity (Wildman–Crippen MR) is 152 cm³/mol. The molecule has 4 aromatic carbocycles. The number of halogens is 2. The Morgan fingerprint density at radius 3 is 2.37 bits per heavy atom. The number of amides is 2. The van der Waals surface area contributed by atoms with E-state index >= 15 is 0 Å². The van der Waals surface area contributed by atoms with E-state index in [4.69, 9.17) is 21.1 Å². The molecule has 0 aliphatic rings. The van der Waals surface area contributed by atoms with Gasteiger partial charge < -0.3 is 20.1 Å². The van der Waals surface area contributed by atoms with Crippen molar-refractivity contribution in [2.45, 2.75) is 19.3 Å². The highest BCUT2D eigenvalue weighted by Gasteiger charge is 2.11. The first-order valence-corrected chi connectivity index (χ1v) is 13.0. The second-order valence-corrected chi connectivity index (χ2v) is 9.66. The predicted octanol–water partition coefficient (Wildman–Crippen LogP) is 7.34. The molecule has 0 bridgehead atoms. The molecule has 2 N–H and O–H groups in total. The van der Waals surface area contributed by atoms with Crippen LogP contribution >= 0.6 is 27.5 Å². The van der Waals surface area contributed by atoms with E-state index in [0.717, 1.165) is 21.0 Å². The van der Waals surface area contributed by atoms with Crippen molar-refractivity contribution in [3.63, 3.8) is 0 Å². The Hall–Kier alpha value is -3.88. The van der Waals surface area contributed by atoms with Crippen LogP contribution in [0.25, 0.3) is 10.8 Å². The molecule has 0 saturated heterocycles. The van der Waals surface area contributed by atoms with Crippen LogP contribution in [-0.2, 0) is 19.1 Å². The fourth-order valence-electron chi connectivity index (χ4n) is 3.63. The van der Waals surface area contributed by atoms with Gasteiger partial charge in [-0.25, -0.2) is 0 Å². The third kappa shape index (κ3) is 7.81. The minimum Gasteiger partial charge on any atom is -0.457 e. The van der Waals surface area contributed by atoms with E-state index in [2.05, 4.69) is 26.6 Å². The van der Waals surface area contributed by atoms with Crippen molar-refractivity contribution in [3.05, 3.63) is 94.4 Å². The molecule has 0 atom stereocenters. The zero-order valence-corrected chi connectivity index (χ0v) is 22.6. The first kappa shape index (κ1) is 27.2. The molecular formula is C29H24BrClN2O5. The molecule has 38 heavy (non-hydrogen) atoms. The molecule has 0 spiro atoms. The topological polar surface area (TPSA) is 93.7 Å². The maximum absolute atomic E-state index is 12.3. The zero-order valence-electron chi connectivity index (χ0n) is 20.2. The Kier molecular flexibility index (Phi) is 9.35. The summed E-state index contributed by atoms with van der Waals surface area (Å²) >= 11 is 9.34. The Balaban J connectivity index is 1.16. The lowest BCUT2D eigenvalue weighted by Gasteiger charge is -2.10. The molecule has 0 aromatic heterocycles. The number of anilines is 2. The zero-order chi connectivity index (χ0) is 26.9. The Morgan fingerprint density at radius 1 is 0.816 bits per heavy atom. The van der Waals surface area contributed by atoms with Crippen molar-refractivity contribution < 1.29 is 23.9 Å². The van der Waals surface area contributed by atoms with Crippen LogP contribution in [0.2, 0.25) is 5.02 Å². The van der Waals surface area contributed by atoms with Crippen LogP contribution < -0.4 is 15.4 Å². The van der Waals surface area contributed by atoms with E-state index in [0.29, 0.717) is 22.1 Å². The van der Waals surface area contributed by atoms with E-state index in [1.54, 1.807) is 42.5 Å². The number of ether oxygens (including phenoxy) is 2. The summed E-state index contributed by atoms with van der Waals surface area (Å²) in [5.74, 6) is 0.0935. The molecule has 0 saturated carbocycles. The third-order valence-corrected chi connectivity index (χ3v) is 6.28. The Morgan fingerprint density at radius 2 is 1.58 bits per heavy atom. The van der Waals surface area contributed by atoms with E-state index in [-0.39, 0.29) is 25.2 Å². The molecule has 0 aliphatic heterocycles. The maximum Gasteiger partial charge on any atom is 0.306 e. The molecule has 0 unspecified atom stereocenters. The summed E-state index contributed by atoms with van der Waals surface area (Å²) in [5, 5.41) is 7.84. The lowest BCUT2D eigenvalue weighted by Crippen LogP contribution is -2.21. The van der Waals surface area contributed by atoms with Gasteiger partial charge in [0.25, 0.3) is 5.91 Å². The Bertz CT molecular complexity index is 1450. The van der Waals surface area contributed by atoms with Gasteiger partial charge in [-0.05, 0) is 60.3 Å². The van der Waals surface area contributed by atoms with Gasteiger partial charge in [0.05, 0.1) is 10.7 Å². The first-order valence-electron chi connectivity index (χ1n) is 11.8. The van der Waals surface area contributed by atoms with Crippen LogP contribution in [0.1, 0.15) is 19.3 Å². The number of esters is 1. The average Bonchev–Trinajstić information content (AvgIpc) is 2.90. The molecule has 7 nitrogen and oxygen atoms in total. The van der Waals surface area contributed by atoms with Crippen molar-refractivity contribution in [1.82, 2.24) is 0 Å². The fraction of sp³-hybridized carbons (Fsp3) is 0.138. The number of hydrogen-bond acceptors (Lipinski definition) is 5. The summed E-state index contributed by atoms with van der Waals surface area (Å²) in [5.41, 5.74) is 1.03. The van der Waals surface area contributed by atoms with Crippen molar-refractivity contribution in [3.8, 4) is 11.5 Å². The number of rotatable bonds is 10. The number of carbonyl (C=O) groups excluding carboxylic acids is 3. The summed E-state index contributed by atoms with van der Waals surface area (Å²) < 4.78 is 11.8. The van der Waals surface area contributed by atoms with Gasteiger partial charge in [0.2, 0.25) is 5.91 Å². The van der Waals surface area contributed by atoms with Gasteiger partial charge in [-0.2, -0.15) is 0 Å². The van der Waals surface area contributed by atoms with Crippen LogP contribution in [0.3, 0.4) is 0 Å². The smallest absolute Gasteiger partial charge is 0.306 e. The number of nitrogens with one attached hydrogen (secondary N) is 2. The molecule has 0 radical (unpaired) electrons. The molecule has 2 amide bonds. The summed E-state index contributed by atoms with van der Waals surface area (Å²) in [6, 6.07) is 25.9. The van der Waals surface area contributed by atoms with Crippen LogP contribution in [0.4, 0.5) is 11.4 Å². The molecule has 4 rings (SSSR count). The van der Waals surface area contributed by atoms with Gasteiger partial charge in [-0.15, -0.1) is 0 Å². The number of benzene rings is 4. The van der Waals surface area contributed by atoms with Gasteiger partial charge in [-0.1, -0.05) is 63.9 Å². The van der Waals surface area contributed by atoms with E-state index < -0.39 is 18.5 Å². The lowest BCUT2D eigenvalue weighted by molar-refractivity contribution is -0.147. The molecule has 194 valence electrons. The van der Waals surface area contributed by atoms with Gasteiger partial charge in [0.15, 0.2) is 6.61 Å². The second-order valence-electron chi connectivity index (χ2n) is 8.34. The van der Waals surface area contributed by atoms with Crippen molar-refractivity contribution in [1.29, 1.82) is 0 Å². The van der Waals surface area contributed by atoms with Crippen molar-refractivity contribution in [2.24, 2.45) is 0 Å². The quantitative estimate of drug-likeness (QED) is 0.187. The Labute approximate surface area is 233 Å². The molecule has 0 fully saturated rings. The van der Waals surface area contributed by atoms with E-state index in [1.807, 2.05) is 42.5 Å². The molecule has 9 heteroatoms. The number of fused-ring (bicyclic) bond motifs is 1. The summed E-state index contributed by atoms with van der Waals surface area (Å²) in [4.78, 5) is 36.2. The second kappa shape index (κ2) is 13.1. The monoisotopic (exact) mass is 594 g/mol. The fourth-order valence-corrected chi connectivity index (χ4v) is 4.35. The van der Waals surface area contributed by atoms with Crippen LogP contribution in [-0.4, -0.2) is 24.4 Å². The average molecular weight is 596 g/mol. The lowest BCUT2D eigenvalue weighted by atomic mass is 10.1. The van der Waals surface area contributed by atoms with Crippen LogP contribution in [0.15, 0.2) is 89.4 Å². The largest absolute Gasteiger partial charge is 0.457 e. The molecular weight excluding hydrogens is 572 g/mol. The maximum atomic E-state index is 12.3. The third-order valence-electron chi connectivity index (χ3n) is 5.47. The number of hydrogen-bond donors (Lipinski definition) is 2. The standard InChI is InChI=1S/C29H24BrClN2O5/c30-20-11-16-25(24(31)17-20)33-28(35)18-37-29(36)10-4-9-27(34)32-21-12-14-22(15-13-21)38-26-8-3-6-19-5-1-2-7-23(19)26/h1-3,5-8,11-17H,4,9-10,18H2,(H,32,34)(H,33,35). The normalized spacial score (nSPS) is 10.6. The van der Waals surface area contributed by atoms with Crippen molar-refractivity contribution >= 4 is 67.5 Å². The molecule has 0 heterocycles. The van der Waals surface area contributed by atoms with Gasteiger partial charge >= 0.3 is 5.97 Å².